The first kappa shape index (κ1) is 11.0. The molecule has 3 rings (SSSR count). The molecular formula is C12H11N3S2. The Morgan fingerprint density at radius 3 is 2.88 bits per heavy atom. The minimum Gasteiger partial charge on any atom is -0.271 e. The maximum Gasteiger partial charge on any atom is 0.124 e. The van der Waals surface area contributed by atoms with Gasteiger partial charge < -0.3 is 0 Å². The number of hydrogen-bond donors (Lipinski definition) is 0. The van der Waals surface area contributed by atoms with Gasteiger partial charge in [-0.3, -0.25) is 15.0 Å². The summed E-state index contributed by atoms with van der Waals surface area (Å²) in [6.07, 6.45) is 3.46. The zero-order valence-corrected chi connectivity index (χ0v) is 10.8. The van der Waals surface area contributed by atoms with Crippen molar-refractivity contribution in [3.05, 3.63) is 36.2 Å². The second-order valence-corrected chi connectivity index (χ2v) is 5.97. The molecule has 2 aromatic rings. The van der Waals surface area contributed by atoms with Crippen LogP contribution in [0.25, 0.3) is 11.0 Å². The number of fused-ring (bicyclic) bond motifs is 1. The fourth-order valence-electron chi connectivity index (χ4n) is 1.65. The largest absolute Gasteiger partial charge is 0.271 e. The van der Waals surface area contributed by atoms with Crippen LogP contribution in [-0.4, -0.2) is 26.6 Å². The van der Waals surface area contributed by atoms with Gasteiger partial charge in [0.15, 0.2) is 0 Å². The normalized spacial score (nSPS) is 15.2. The van der Waals surface area contributed by atoms with Gasteiger partial charge in [-0.2, -0.15) is 0 Å². The van der Waals surface area contributed by atoms with Crippen molar-refractivity contribution in [2.24, 2.45) is 4.99 Å². The van der Waals surface area contributed by atoms with E-state index in [1.54, 1.807) is 12.4 Å². The van der Waals surface area contributed by atoms with Gasteiger partial charge in [-0.1, -0.05) is 29.6 Å². The molecule has 0 aliphatic carbocycles. The first-order valence-electron chi connectivity index (χ1n) is 5.41. The van der Waals surface area contributed by atoms with Crippen molar-refractivity contribution < 1.29 is 0 Å². The van der Waals surface area contributed by atoms with Gasteiger partial charge >= 0.3 is 0 Å². The van der Waals surface area contributed by atoms with Crippen molar-refractivity contribution in [1.82, 2.24) is 9.97 Å². The molecule has 0 N–H and O–H groups in total. The van der Waals surface area contributed by atoms with E-state index in [1.165, 1.54) is 9.94 Å². The molecule has 1 aromatic heterocycles. The van der Waals surface area contributed by atoms with E-state index < -0.39 is 0 Å². The maximum absolute atomic E-state index is 4.43. The number of benzene rings is 1. The maximum atomic E-state index is 4.43. The monoisotopic (exact) mass is 261 g/mol. The highest BCUT2D eigenvalue weighted by atomic mass is 32.2. The summed E-state index contributed by atoms with van der Waals surface area (Å²) >= 11 is 3.66. The molecule has 0 spiro atoms. The summed E-state index contributed by atoms with van der Waals surface area (Å²) in [5.74, 6) is 2.09. The highest BCUT2D eigenvalue weighted by Crippen LogP contribution is 2.25. The van der Waals surface area contributed by atoms with Gasteiger partial charge in [-0.15, -0.1) is 0 Å². The van der Waals surface area contributed by atoms with Crippen LogP contribution in [0.4, 0.5) is 0 Å². The minimum atomic E-state index is 0.953. The molecular weight excluding hydrogens is 250 g/mol. The Morgan fingerprint density at radius 1 is 1.18 bits per heavy atom. The van der Waals surface area contributed by atoms with Gasteiger partial charge in [0.2, 0.25) is 0 Å². The zero-order valence-electron chi connectivity index (χ0n) is 9.17. The van der Waals surface area contributed by atoms with Crippen LogP contribution < -0.4 is 0 Å². The third-order valence-electron chi connectivity index (χ3n) is 2.45. The van der Waals surface area contributed by atoms with E-state index in [0.29, 0.717) is 0 Å². The lowest BCUT2D eigenvalue weighted by Gasteiger charge is -2.02. The number of hydrogen-bond acceptors (Lipinski definition) is 5. The predicted octanol–water partition coefficient (Wildman–Crippen LogP) is 2.97. The topological polar surface area (TPSA) is 38.1 Å². The van der Waals surface area contributed by atoms with Gasteiger partial charge in [-0.25, -0.2) is 0 Å². The molecule has 0 amide bonds. The molecule has 1 aliphatic heterocycles. The number of aliphatic imine (C=N–C) groups is 1. The van der Waals surface area contributed by atoms with Gasteiger partial charge in [0.05, 0.1) is 17.6 Å². The first-order chi connectivity index (χ1) is 8.42. The van der Waals surface area contributed by atoms with Crippen LogP contribution in [0.3, 0.4) is 0 Å². The van der Waals surface area contributed by atoms with E-state index in [-0.39, 0.29) is 0 Å². The highest BCUT2D eigenvalue weighted by molar-refractivity contribution is 8.38. The number of thioether (sulfide) groups is 2. The molecule has 0 fully saturated rings. The van der Waals surface area contributed by atoms with Crippen molar-refractivity contribution in [3.63, 3.8) is 0 Å². The van der Waals surface area contributed by atoms with E-state index in [4.69, 9.17) is 0 Å². The second-order valence-electron chi connectivity index (χ2n) is 3.66. The fourth-order valence-corrected chi connectivity index (χ4v) is 3.60. The molecule has 0 bridgehead atoms. The van der Waals surface area contributed by atoms with Gasteiger partial charge in [0.1, 0.15) is 4.38 Å². The molecule has 3 nitrogen and oxygen atoms in total. The Kier molecular flexibility index (Phi) is 3.29. The third kappa shape index (κ3) is 2.61. The summed E-state index contributed by atoms with van der Waals surface area (Å²) in [7, 11) is 0. The SMILES string of the molecule is c1cnc2cc(CSC3=NCCS3)ccc2n1. The molecule has 17 heavy (non-hydrogen) atoms. The summed E-state index contributed by atoms with van der Waals surface area (Å²) in [4.78, 5) is 13.0. The standard InChI is InChI=1S/C12H11N3S2/c1-2-10-11(14-4-3-13-10)7-9(1)8-17-12-15-5-6-16-12/h1-4,7H,5-6,8H2. The molecule has 0 unspecified atom stereocenters. The Balaban J connectivity index is 1.76. The minimum absolute atomic E-state index is 0.953. The summed E-state index contributed by atoms with van der Waals surface area (Å²) < 4.78 is 1.21. The van der Waals surface area contributed by atoms with Gasteiger partial charge in [0, 0.05) is 23.9 Å². The predicted molar refractivity (Wildman–Crippen MR) is 75.6 cm³/mol. The van der Waals surface area contributed by atoms with Crippen LogP contribution in [0.1, 0.15) is 5.56 Å². The Morgan fingerprint density at radius 2 is 2.06 bits per heavy atom. The molecule has 2 heterocycles. The Hall–Kier alpha value is -1.07. The summed E-state index contributed by atoms with van der Waals surface area (Å²) in [5.41, 5.74) is 3.19. The number of nitrogens with zero attached hydrogens (tertiary/aromatic N) is 3. The van der Waals surface area contributed by atoms with Crippen molar-refractivity contribution in [3.8, 4) is 0 Å². The first-order valence-corrected chi connectivity index (χ1v) is 7.39. The number of rotatable bonds is 2. The summed E-state index contributed by atoms with van der Waals surface area (Å²) in [6, 6.07) is 6.25. The van der Waals surface area contributed by atoms with E-state index >= 15 is 0 Å². The highest BCUT2D eigenvalue weighted by Gasteiger charge is 2.08. The third-order valence-corrected chi connectivity index (χ3v) is 4.78. The van der Waals surface area contributed by atoms with Crippen molar-refractivity contribution in [2.75, 3.05) is 12.3 Å². The molecule has 1 aromatic carbocycles. The molecule has 0 atom stereocenters. The lowest BCUT2D eigenvalue weighted by molar-refractivity contribution is 1.18. The quantitative estimate of drug-likeness (QED) is 0.833. The molecule has 1 aliphatic rings. The Labute approximate surface area is 108 Å². The summed E-state index contributed by atoms with van der Waals surface area (Å²) in [6.45, 7) is 0.968. The molecule has 0 radical (unpaired) electrons. The van der Waals surface area contributed by atoms with E-state index in [2.05, 4.69) is 27.1 Å². The number of aromatic nitrogens is 2. The van der Waals surface area contributed by atoms with Crippen LogP contribution in [0.15, 0.2) is 35.6 Å². The lowest BCUT2D eigenvalue weighted by atomic mass is 10.2. The van der Waals surface area contributed by atoms with Crippen molar-refractivity contribution in [1.29, 1.82) is 0 Å². The fraction of sp³-hybridized carbons (Fsp3) is 0.250. The average molecular weight is 261 g/mol. The van der Waals surface area contributed by atoms with Crippen LogP contribution in [-0.2, 0) is 5.75 Å². The van der Waals surface area contributed by atoms with E-state index in [1.807, 2.05) is 29.6 Å². The average Bonchev–Trinajstić information content (AvgIpc) is 2.89. The summed E-state index contributed by atoms with van der Waals surface area (Å²) in [5, 5.41) is 0. The van der Waals surface area contributed by atoms with E-state index in [9.17, 15) is 0 Å². The second kappa shape index (κ2) is 5.06. The van der Waals surface area contributed by atoms with Crippen molar-refractivity contribution >= 4 is 38.9 Å². The smallest absolute Gasteiger partial charge is 0.124 e. The van der Waals surface area contributed by atoms with Gasteiger partial charge in [0.25, 0.3) is 0 Å². The Bertz CT molecular complexity index is 568. The van der Waals surface area contributed by atoms with Crippen LogP contribution >= 0.6 is 23.5 Å². The van der Waals surface area contributed by atoms with Crippen molar-refractivity contribution in [2.45, 2.75) is 5.75 Å². The van der Waals surface area contributed by atoms with Crippen LogP contribution in [0, 0.1) is 0 Å². The molecule has 0 saturated carbocycles. The lowest BCUT2D eigenvalue weighted by Crippen LogP contribution is -1.87. The van der Waals surface area contributed by atoms with Crippen LogP contribution in [0.5, 0.6) is 0 Å². The zero-order chi connectivity index (χ0) is 11.5. The molecule has 0 saturated heterocycles. The molecule has 5 heteroatoms. The van der Waals surface area contributed by atoms with E-state index in [0.717, 1.165) is 29.1 Å². The van der Waals surface area contributed by atoms with Gasteiger partial charge in [-0.05, 0) is 17.7 Å². The molecule has 86 valence electrons. The van der Waals surface area contributed by atoms with Crippen LogP contribution in [0.2, 0.25) is 0 Å².